The molecule has 1 heterocycles. The van der Waals surface area contributed by atoms with Crippen molar-refractivity contribution < 1.29 is 28.9 Å². The van der Waals surface area contributed by atoms with E-state index in [0.717, 1.165) is 11.1 Å². The lowest BCUT2D eigenvalue weighted by atomic mass is 9.95. The van der Waals surface area contributed by atoms with Gasteiger partial charge in [0.25, 0.3) is 11.7 Å². The molecule has 1 fully saturated rings. The van der Waals surface area contributed by atoms with Gasteiger partial charge in [-0.05, 0) is 74.1 Å². The van der Waals surface area contributed by atoms with E-state index in [0.29, 0.717) is 48.1 Å². The molecule has 8 nitrogen and oxygen atoms in total. The lowest BCUT2D eigenvalue weighted by Gasteiger charge is -2.27. The van der Waals surface area contributed by atoms with Gasteiger partial charge in [0.1, 0.15) is 18.1 Å². The number of rotatable bonds is 10. The zero-order valence-corrected chi connectivity index (χ0v) is 22.9. The van der Waals surface area contributed by atoms with E-state index in [4.69, 9.17) is 14.2 Å². The molecule has 39 heavy (non-hydrogen) atoms. The van der Waals surface area contributed by atoms with E-state index in [9.17, 15) is 14.7 Å². The molecule has 204 valence electrons. The number of likely N-dealkylation sites (tertiary alicyclic amines) is 1. The van der Waals surface area contributed by atoms with Crippen LogP contribution in [0.25, 0.3) is 5.76 Å². The van der Waals surface area contributed by atoms with Gasteiger partial charge >= 0.3 is 0 Å². The van der Waals surface area contributed by atoms with E-state index in [-0.39, 0.29) is 11.3 Å². The number of amides is 1. The zero-order valence-electron chi connectivity index (χ0n) is 22.9. The summed E-state index contributed by atoms with van der Waals surface area (Å²) in [5.74, 6) is -0.0259. The highest BCUT2D eigenvalue weighted by molar-refractivity contribution is 6.46. The van der Waals surface area contributed by atoms with E-state index < -0.39 is 17.7 Å². The van der Waals surface area contributed by atoms with Crippen LogP contribution < -0.4 is 14.2 Å². The summed E-state index contributed by atoms with van der Waals surface area (Å²) in [6.45, 7) is 3.29. The highest BCUT2D eigenvalue weighted by Gasteiger charge is 2.46. The van der Waals surface area contributed by atoms with Crippen molar-refractivity contribution >= 4 is 17.4 Å². The van der Waals surface area contributed by atoms with Gasteiger partial charge in [0.2, 0.25) is 0 Å². The first-order valence-electron chi connectivity index (χ1n) is 12.7. The number of aliphatic hydroxyl groups excluding tert-OH is 1. The van der Waals surface area contributed by atoms with Crippen molar-refractivity contribution in [2.75, 3.05) is 41.4 Å². The lowest BCUT2D eigenvalue weighted by molar-refractivity contribution is -0.140. The summed E-state index contributed by atoms with van der Waals surface area (Å²) >= 11 is 0. The average Bonchev–Trinajstić information content (AvgIpc) is 3.20. The number of likely N-dealkylation sites (N-methyl/N-ethyl adjacent to an activating group) is 1. The van der Waals surface area contributed by atoms with Crippen LogP contribution in [0.3, 0.4) is 0 Å². The number of nitrogens with zero attached hydrogens (tertiary/aromatic N) is 2. The second-order valence-corrected chi connectivity index (χ2v) is 9.65. The van der Waals surface area contributed by atoms with Crippen LogP contribution in [0.15, 0.2) is 72.3 Å². The van der Waals surface area contributed by atoms with Crippen LogP contribution in [0, 0.1) is 6.92 Å². The average molecular weight is 531 g/mol. The molecule has 0 saturated carbocycles. The third-order valence-corrected chi connectivity index (χ3v) is 6.83. The van der Waals surface area contributed by atoms with E-state index in [1.165, 1.54) is 19.1 Å². The van der Waals surface area contributed by atoms with Gasteiger partial charge in [0, 0.05) is 18.7 Å². The quantitative estimate of drug-likeness (QED) is 0.233. The molecule has 1 N–H and O–H groups in total. The summed E-state index contributed by atoms with van der Waals surface area (Å²) in [6.07, 6.45) is 0. The number of carbonyl (C=O) groups is 2. The normalized spacial score (nSPS) is 16.6. The van der Waals surface area contributed by atoms with Crippen LogP contribution in [0.4, 0.5) is 0 Å². The first-order chi connectivity index (χ1) is 18.7. The monoisotopic (exact) mass is 530 g/mol. The first kappa shape index (κ1) is 27.7. The molecular formula is C31H34N2O6. The van der Waals surface area contributed by atoms with Gasteiger partial charge in [-0.25, -0.2) is 0 Å². The number of hydrogen-bond donors (Lipinski definition) is 1. The maximum absolute atomic E-state index is 13.3. The number of aryl methyl sites for hydroxylation is 1. The predicted molar refractivity (Wildman–Crippen MR) is 149 cm³/mol. The van der Waals surface area contributed by atoms with E-state index in [2.05, 4.69) is 0 Å². The maximum Gasteiger partial charge on any atom is 0.295 e. The number of Topliss-reactive ketones (excluding diaryl/α,β-unsaturated/α-hetero) is 1. The Morgan fingerprint density at radius 2 is 1.64 bits per heavy atom. The number of benzene rings is 3. The van der Waals surface area contributed by atoms with Crippen LogP contribution in [-0.4, -0.2) is 68.0 Å². The highest BCUT2D eigenvalue weighted by Crippen LogP contribution is 2.42. The molecule has 3 aromatic carbocycles. The molecule has 1 aliphatic rings. The third-order valence-electron chi connectivity index (χ3n) is 6.83. The Bertz CT molecular complexity index is 1380. The summed E-state index contributed by atoms with van der Waals surface area (Å²) in [6, 6.07) is 19.3. The fraction of sp³-hybridized carbons (Fsp3) is 0.290. The van der Waals surface area contributed by atoms with Gasteiger partial charge in [0.05, 0.1) is 25.8 Å². The molecular weight excluding hydrogens is 496 g/mol. The van der Waals surface area contributed by atoms with Crippen LogP contribution in [-0.2, 0) is 16.2 Å². The number of methoxy groups -OCH3 is 2. The van der Waals surface area contributed by atoms with Gasteiger partial charge < -0.3 is 29.1 Å². The Balaban J connectivity index is 1.69. The lowest BCUT2D eigenvalue weighted by Crippen LogP contribution is -2.35. The molecule has 4 rings (SSSR count). The molecule has 1 aliphatic heterocycles. The molecule has 0 unspecified atom stereocenters. The van der Waals surface area contributed by atoms with Gasteiger partial charge in [-0.15, -0.1) is 0 Å². The molecule has 0 aliphatic carbocycles. The van der Waals surface area contributed by atoms with Crippen LogP contribution in [0.1, 0.15) is 28.3 Å². The van der Waals surface area contributed by atoms with E-state index in [1.54, 1.807) is 42.5 Å². The van der Waals surface area contributed by atoms with Crippen molar-refractivity contribution in [3.05, 3.63) is 94.6 Å². The zero-order chi connectivity index (χ0) is 28.1. The summed E-state index contributed by atoms with van der Waals surface area (Å²) < 4.78 is 16.7. The molecule has 0 spiro atoms. The molecule has 1 saturated heterocycles. The Hall–Kier alpha value is -4.30. The minimum atomic E-state index is -0.790. The van der Waals surface area contributed by atoms with Crippen molar-refractivity contribution in [2.45, 2.75) is 19.6 Å². The second-order valence-electron chi connectivity index (χ2n) is 9.65. The molecule has 0 aromatic heterocycles. The molecule has 8 heteroatoms. The maximum atomic E-state index is 13.3. The van der Waals surface area contributed by atoms with Crippen molar-refractivity contribution in [3.8, 4) is 17.2 Å². The van der Waals surface area contributed by atoms with Gasteiger partial charge in [-0.2, -0.15) is 0 Å². The topological polar surface area (TPSA) is 88.5 Å². The number of ether oxygens (including phenoxy) is 3. The standard InChI is InChI=1S/C31H34N2O6/c1-20-8-6-7-9-23(20)19-39-24-13-10-21(11-14-24)29(34)27-28(22-12-15-25(37-4)26(18-22)38-5)33(17-16-32(2)3)31(36)30(27)35/h6-15,18,28,34H,16-17,19H2,1-5H3/b29-27+/t28-/m0/s1. The largest absolute Gasteiger partial charge is 0.507 e. The minimum absolute atomic E-state index is 0.0274. The summed E-state index contributed by atoms with van der Waals surface area (Å²) in [4.78, 5) is 29.9. The highest BCUT2D eigenvalue weighted by atomic mass is 16.5. The first-order valence-corrected chi connectivity index (χ1v) is 12.7. The number of aliphatic hydroxyl groups is 1. The van der Waals surface area contributed by atoms with Gasteiger partial charge in [-0.1, -0.05) is 30.3 Å². The van der Waals surface area contributed by atoms with Crippen molar-refractivity contribution in [1.82, 2.24) is 9.80 Å². The number of carbonyl (C=O) groups excluding carboxylic acids is 2. The van der Waals surface area contributed by atoms with E-state index in [1.807, 2.05) is 50.2 Å². The molecule has 0 bridgehead atoms. The summed E-state index contributed by atoms with van der Waals surface area (Å²) in [5.41, 5.74) is 3.29. The molecule has 3 aromatic rings. The van der Waals surface area contributed by atoms with Crippen molar-refractivity contribution in [1.29, 1.82) is 0 Å². The second kappa shape index (κ2) is 12.0. The third kappa shape index (κ3) is 5.91. The van der Waals surface area contributed by atoms with Crippen molar-refractivity contribution in [2.24, 2.45) is 0 Å². The van der Waals surface area contributed by atoms with Gasteiger partial charge in [0.15, 0.2) is 11.5 Å². The van der Waals surface area contributed by atoms with Crippen LogP contribution in [0.5, 0.6) is 17.2 Å². The Labute approximate surface area is 229 Å². The smallest absolute Gasteiger partial charge is 0.295 e. The Morgan fingerprint density at radius 1 is 0.949 bits per heavy atom. The fourth-order valence-electron chi connectivity index (χ4n) is 4.59. The van der Waals surface area contributed by atoms with Crippen LogP contribution in [0.2, 0.25) is 0 Å². The van der Waals surface area contributed by atoms with E-state index >= 15 is 0 Å². The number of hydrogen-bond acceptors (Lipinski definition) is 7. The Morgan fingerprint density at radius 3 is 2.28 bits per heavy atom. The Kier molecular flexibility index (Phi) is 8.56. The summed E-state index contributed by atoms with van der Waals surface area (Å²) in [5, 5.41) is 11.4. The SMILES string of the molecule is COc1ccc([C@H]2/C(=C(\O)c3ccc(OCc4ccccc4C)cc3)C(=O)C(=O)N2CCN(C)C)cc1OC. The predicted octanol–water partition coefficient (Wildman–Crippen LogP) is 4.57. The fourth-order valence-corrected chi connectivity index (χ4v) is 4.59. The molecule has 0 radical (unpaired) electrons. The van der Waals surface area contributed by atoms with Crippen LogP contribution >= 0.6 is 0 Å². The number of ketones is 1. The minimum Gasteiger partial charge on any atom is -0.507 e. The van der Waals surface area contributed by atoms with Gasteiger partial charge in [-0.3, -0.25) is 9.59 Å². The van der Waals surface area contributed by atoms with Crippen molar-refractivity contribution in [3.63, 3.8) is 0 Å². The molecule has 1 amide bonds. The summed E-state index contributed by atoms with van der Waals surface area (Å²) in [7, 11) is 6.85. The molecule has 1 atom stereocenters.